The SMILES string of the molecule is C=CCc1cccc(C2(c3ccc(OC(F)(F)F)cc3)N=C(N)N3CCCN=C32)c1.C=C[CH2][Sn]([CH2]CCC)([CH2]CCC)[CH2]CCC.NC1=NC(c2ccc(OC(F)(F)F)cc2)(c2cccc(Br)c2)C2=NCCCN12. The zero-order chi connectivity index (χ0) is 53.6. The summed E-state index contributed by atoms with van der Waals surface area (Å²) >= 11 is 1.70. The van der Waals surface area contributed by atoms with Crippen LogP contribution in [0.5, 0.6) is 11.5 Å². The van der Waals surface area contributed by atoms with E-state index in [1.54, 1.807) is 37.6 Å². The monoisotopic (exact) mass is 1200 g/mol. The van der Waals surface area contributed by atoms with Gasteiger partial charge in [-0.25, -0.2) is 9.98 Å². The Bertz CT molecular complexity index is 2620. The molecular weight excluding hydrogens is 1130 g/mol. The number of unbranched alkanes of at least 4 members (excludes halogenated alkanes) is 3. The first kappa shape index (κ1) is 58.0. The van der Waals surface area contributed by atoms with E-state index >= 15 is 0 Å². The van der Waals surface area contributed by atoms with Crippen molar-refractivity contribution in [3.8, 4) is 11.5 Å². The summed E-state index contributed by atoms with van der Waals surface area (Å²) in [6.45, 7) is 17.5. The summed E-state index contributed by atoms with van der Waals surface area (Å²) in [5.74, 6) is 1.47. The van der Waals surface area contributed by atoms with Crippen molar-refractivity contribution in [1.82, 2.24) is 9.80 Å². The molecule has 8 rings (SSSR count). The van der Waals surface area contributed by atoms with Gasteiger partial charge in [-0.1, -0.05) is 82.7 Å². The van der Waals surface area contributed by atoms with E-state index in [0.29, 0.717) is 67.3 Å². The van der Waals surface area contributed by atoms with Crippen molar-refractivity contribution in [3.63, 3.8) is 0 Å². The number of guanidine groups is 2. The van der Waals surface area contributed by atoms with Crippen molar-refractivity contribution in [2.24, 2.45) is 31.4 Å². The fourth-order valence-corrected chi connectivity index (χ4v) is 25.7. The summed E-state index contributed by atoms with van der Waals surface area (Å²) in [5.41, 5.74) is 14.4. The van der Waals surface area contributed by atoms with E-state index in [1.807, 2.05) is 64.4 Å². The van der Waals surface area contributed by atoms with Gasteiger partial charge in [-0.05, 0) is 83.5 Å². The average molecular weight is 1200 g/mol. The number of alkyl halides is 6. The molecule has 0 fully saturated rings. The Kier molecular flexibility index (Phi) is 20.3. The number of hydrogen-bond acceptors (Lipinski definition) is 10. The van der Waals surface area contributed by atoms with Crippen LogP contribution in [0, 0.1) is 0 Å². The maximum atomic E-state index is 12.6. The Morgan fingerprint density at radius 1 is 0.622 bits per heavy atom. The molecule has 4 aliphatic heterocycles. The third-order valence-electron chi connectivity index (χ3n) is 13.6. The third kappa shape index (κ3) is 14.1. The summed E-state index contributed by atoms with van der Waals surface area (Å²) in [6.07, 6.45) is 5.54. The van der Waals surface area contributed by atoms with Crippen molar-refractivity contribution in [2.75, 3.05) is 26.2 Å². The van der Waals surface area contributed by atoms with E-state index in [-0.39, 0.29) is 11.5 Å². The molecular formula is C56H69BrF6N8O2Sn. The molecule has 0 radical (unpaired) electrons. The van der Waals surface area contributed by atoms with Crippen LogP contribution in [-0.4, -0.2) is 90.7 Å². The summed E-state index contributed by atoms with van der Waals surface area (Å²) in [6, 6.07) is 26.9. The van der Waals surface area contributed by atoms with Crippen LogP contribution in [0.3, 0.4) is 0 Å². The van der Waals surface area contributed by atoms with Gasteiger partial charge in [0.2, 0.25) is 0 Å². The molecule has 2 atom stereocenters. The molecule has 398 valence electrons. The minimum atomic E-state index is -4.75. The predicted molar refractivity (Wildman–Crippen MR) is 293 cm³/mol. The minimum Gasteiger partial charge on any atom is -0.406 e. The minimum absolute atomic E-state index is 0.292. The van der Waals surface area contributed by atoms with Crippen molar-refractivity contribution < 1.29 is 35.8 Å². The second-order valence-corrected chi connectivity index (χ2v) is 33.9. The average Bonchev–Trinajstić information content (AvgIpc) is 3.86. The molecule has 4 heterocycles. The zero-order valence-corrected chi connectivity index (χ0v) is 47.1. The van der Waals surface area contributed by atoms with Crippen molar-refractivity contribution in [3.05, 3.63) is 155 Å². The van der Waals surface area contributed by atoms with Crippen LogP contribution in [0.2, 0.25) is 17.7 Å². The van der Waals surface area contributed by atoms with Gasteiger partial charge in [-0.2, -0.15) is 0 Å². The number of nitrogens with two attached hydrogens (primary N) is 2. The van der Waals surface area contributed by atoms with Gasteiger partial charge in [-0.15, -0.1) is 32.9 Å². The fraction of sp³-hybridized carbons (Fsp3) is 0.429. The number of rotatable bonds is 19. The normalized spacial score (nSPS) is 19.3. The van der Waals surface area contributed by atoms with Gasteiger partial charge < -0.3 is 20.9 Å². The van der Waals surface area contributed by atoms with Crippen LogP contribution in [-0.2, 0) is 17.5 Å². The van der Waals surface area contributed by atoms with Crippen molar-refractivity contribution in [2.45, 2.75) is 120 Å². The van der Waals surface area contributed by atoms with Gasteiger partial charge >= 0.3 is 121 Å². The summed E-state index contributed by atoms with van der Waals surface area (Å²) in [5, 5.41) is 0. The van der Waals surface area contributed by atoms with Gasteiger partial charge in [0.25, 0.3) is 0 Å². The molecule has 2 unspecified atom stereocenters. The zero-order valence-electron chi connectivity index (χ0n) is 42.6. The molecule has 18 heteroatoms. The molecule has 0 saturated heterocycles. The molecule has 10 nitrogen and oxygen atoms in total. The second kappa shape index (κ2) is 26.0. The van der Waals surface area contributed by atoms with E-state index < -0.39 is 42.2 Å². The van der Waals surface area contributed by atoms with E-state index in [2.05, 4.69) is 70.4 Å². The molecule has 0 saturated carbocycles. The van der Waals surface area contributed by atoms with E-state index in [9.17, 15) is 26.3 Å². The van der Waals surface area contributed by atoms with Crippen LogP contribution in [0.4, 0.5) is 26.3 Å². The van der Waals surface area contributed by atoms with Gasteiger partial charge in [0.05, 0.1) is 0 Å². The molecule has 0 spiro atoms. The predicted octanol–water partition coefficient (Wildman–Crippen LogP) is 14.0. The maximum absolute atomic E-state index is 12.6. The Morgan fingerprint density at radius 3 is 1.45 bits per heavy atom. The number of halogens is 7. The third-order valence-corrected chi connectivity index (χ3v) is 29.5. The first-order chi connectivity index (χ1) is 35.4. The molecule has 0 amide bonds. The van der Waals surface area contributed by atoms with Crippen molar-refractivity contribution in [1.29, 1.82) is 0 Å². The number of nitrogens with zero attached hydrogens (tertiary/aromatic N) is 6. The fourth-order valence-electron chi connectivity index (χ4n) is 10.2. The quantitative estimate of drug-likeness (QED) is 0.0547. The Labute approximate surface area is 444 Å². The first-order valence-electron chi connectivity index (χ1n) is 25.5. The Balaban J connectivity index is 0.000000190. The number of hydrogen-bond donors (Lipinski definition) is 2. The summed E-state index contributed by atoms with van der Waals surface area (Å²) in [4.78, 5) is 22.7. The molecule has 0 aromatic heterocycles. The number of aliphatic imine (C=N–C) groups is 4. The Morgan fingerprint density at radius 2 is 1.05 bits per heavy atom. The second-order valence-electron chi connectivity index (χ2n) is 18.9. The molecule has 4 N–H and O–H groups in total. The molecule has 4 aliphatic rings. The topological polar surface area (TPSA) is 126 Å². The number of ether oxygens (including phenoxy) is 2. The van der Waals surface area contributed by atoms with Gasteiger partial charge in [-0.3, -0.25) is 19.8 Å². The summed E-state index contributed by atoms with van der Waals surface area (Å²) in [7, 11) is 0. The number of benzene rings is 4. The van der Waals surface area contributed by atoms with Crippen LogP contribution < -0.4 is 20.9 Å². The smallest absolute Gasteiger partial charge is 0.406 e. The maximum Gasteiger partial charge on any atom is 0.573 e. The molecule has 4 aromatic carbocycles. The van der Waals surface area contributed by atoms with E-state index in [4.69, 9.17) is 26.4 Å². The summed E-state index contributed by atoms with van der Waals surface area (Å²) < 4.78 is 90.4. The molecule has 4 aromatic rings. The molecule has 74 heavy (non-hydrogen) atoms. The van der Waals surface area contributed by atoms with Crippen LogP contribution in [0.1, 0.15) is 100.0 Å². The first-order valence-corrected chi connectivity index (χ1v) is 34.4. The van der Waals surface area contributed by atoms with Gasteiger partial charge in [0.1, 0.15) is 23.2 Å². The Hall–Kier alpha value is -5.30. The molecule has 0 bridgehead atoms. The van der Waals surface area contributed by atoms with Crippen LogP contribution in [0.25, 0.3) is 0 Å². The number of amidine groups is 2. The largest absolute Gasteiger partial charge is 0.573 e. The molecule has 0 aliphatic carbocycles. The van der Waals surface area contributed by atoms with Crippen LogP contribution in [0.15, 0.2) is 147 Å². The van der Waals surface area contributed by atoms with Gasteiger partial charge in [0, 0.05) is 30.7 Å². The standard InChI is InChI=1S/C22H21F3N4O.C19H16BrF3N4O.3C4H9.C3H5.Sn/c1-2-5-15-6-3-7-17(14-15)21(19-27-12-4-13-29(19)20(26)28-21)16-8-10-18(11-9-16)30-22(23,24)25;20-14-4-1-3-13(11-14)18(16-25-9-2-10-27(16)17(24)26-18)12-5-7-15(8-6-12)28-19(21,22)23;3*1-3-4-2;1-3-2;/h2-3,6-11,14H,1,4-5,12-13H2,(H2,26,28);1,3-8,11H,2,9-10H2,(H2,24,26);3*1,3-4H2,2H3;3H,1-2H2;. The van der Waals surface area contributed by atoms with Crippen molar-refractivity contribution >= 4 is 57.9 Å². The van der Waals surface area contributed by atoms with Gasteiger partial charge in [0.15, 0.2) is 23.0 Å². The van der Waals surface area contributed by atoms with E-state index in [0.717, 1.165) is 34.0 Å². The van der Waals surface area contributed by atoms with E-state index in [1.165, 1.54) is 67.2 Å². The number of fused-ring (bicyclic) bond motifs is 2. The number of allylic oxidation sites excluding steroid dienone is 2. The van der Waals surface area contributed by atoms with Crippen LogP contribution >= 0.6 is 15.9 Å².